The van der Waals surface area contributed by atoms with Crippen molar-refractivity contribution < 1.29 is 15.0 Å². The summed E-state index contributed by atoms with van der Waals surface area (Å²) < 4.78 is 0.811. The van der Waals surface area contributed by atoms with Crippen molar-refractivity contribution in [3.8, 4) is 11.6 Å². The van der Waals surface area contributed by atoms with E-state index >= 15 is 0 Å². The Morgan fingerprint density at radius 3 is 2.77 bits per heavy atom. The van der Waals surface area contributed by atoms with E-state index in [4.69, 9.17) is 0 Å². The van der Waals surface area contributed by atoms with Crippen LogP contribution in [0.25, 0.3) is 5.57 Å². The lowest BCUT2D eigenvalue weighted by atomic mass is 10.1. The standard InChI is InChI=1S/C18H12BrN3O3S/c1-8-3-2-4-12(23)14(8)21-18-22-17(25)15(26-18)13-10-7-9(19)5-6-11(10)20-16(13)24/h2-7,23,25H,1H3,(H,21,22). The van der Waals surface area contributed by atoms with Crippen LogP contribution in [0.4, 0.5) is 10.8 Å². The number of carbonyl (C=O) groups is 1. The number of hydrogen-bond donors (Lipinski definition) is 3. The number of nitrogens with one attached hydrogen (secondary N) is 1. The van der Waals surface area contributed by atoms with Crippen LogP contribution in [0.3, 0.4) is 0 Å². The highest BCUT2D eigenvalue weighted by Gasteiger charge is 2.25. The SMILES string of the molecule is Cc1cccc(O)c1Nc1nc(O)c(C2=c3cc(Br)ccc3=NC2=O)s1. The molecule has 2 heterocycles. The minimum absolute atomic E-state index is 0.0788. The number of phenols is 1. The third kappa shape index (κ3) is 2.77. The molecule has 1 aromatic heterocycles. The second-order valence-electron chi connectivity index (χ2n) is 5.72. The van der Waals surface area contributed by atoms with Crippen molar-refractivity contribution >= 4 is 49.6 Å². The first-order valence-corrected chi connectivity index (χ1v) is 9.23. The van der Waals surface area contributed by atoms with Crippen LogP contribution in [-0.2, 0) is 4.79 Å². The van der Waals surface area contributed by atoms with Crippen LogP contribution in [0, 0.1) is 6.92 Å². The van der Waals surface area contributed by atoms with E-state index in [2.05, 4.69) is 31.2 Å². The number of halogens is 1. The first kappa shape index (κ1) is 16.7. The van der Waals surface area contributed by atoms with Gasteiger partial charge in [0.1, 0.15) is 10.6 Å². The van der Waals surface area contributed by atoms with Crippen molar-refractivity contribution in [2.45, 2.75) is 6.92 Å². The Hall–Kier alpha value is -2.71. The van der Waals surface area contributed by atoms with Gasteiger partial charge in [0.2, 0.25) is 5.88 Å². The molecule has 1 aliphatic heterocycles. The summed E-state index contributed by atoms with van der Waals surface area (Å²) in [6.07, 6.45) is 0. The van der Waals surface area contributed by atoms with Gasteiger partial charge in [-0.15, -0.1) is 0 Å². The minimum Gasteiger partial charge on any atom is -0.506 e. The number of para-hydroxylation sites is 1. The van der Waals surface area contributed by atoms with Crippen molar-refractivity contribution in [2.75, 3.05) is 5.32 Å². The molecule has 0 bridgehead atoms. The van der Waals surface area contributed by atoms with Crippen LogP contribution < -0.4 is 15.9 Å². The molecule has 8 heteroatoms. The normalized spacial score (nSPS) is 12.8. The van der Waals surface area contributed by atoms with Gasteiger partial charge in [-0.3, -0.25) is 4.79 Å². The van der Waals surface area contributed by atoms with E-state index in [1.165, 1.54) is 0 Å². The van der Waals surface area contributed by atoms with Crippen molar-refractivity contribution in [2.24, 2.45) is 4.99 Å². The van der Waals surface area contributed by atoms with E-state index in [1.54, 1.807) is 30.3 Å². The molecule has 0 saturated heterocycles. The predicted octanol–water partition coefficient (Wildman–Crippen LogP) is 2.73. The van der Waals surface area contributed by atoms with Gasteiger partial charge in [0.25, 0.3) is 5.91 Å². The number of carbonyl (C=O) groups excluding carboxylic acids is 1. The van der Waals surface area contributed by atoms with Gasteiger partial charge in [-0.25, -0.2) is 4.99 Å². The van der Waals surface area contributed by atoms with Gasteiger partial charge in [0.05, 0.1) is 16.6 Å². The molecular formula is C18H12BrN3O3S. The highest BCUT2D eigenvalue weighted by atomic mass is 79.9. The lowest BCUT2D eigenvalue weighted by molar-refractivity contribution is -0.112. The summed E-state index contributed by atoms with van der Waals surface area (Å²) in [5, 5.41) is 24.9. The van der Waals surface area contributed by atoms with Gasteiger partial charge in [0, 0.05) is 9.69 Å². The Morgan fingerprint density at radius 1 is 1.19 bits per heavy atom. The Morgan fingerprint density at radius 2 is 2.00 bits per heavy atom. The second kappa shape index (κ2) is 6.22. The number of benzene rings is 2. The van der Waals surface area contributed by atoms with Crippen LogP contribution in [0.5, 0.6) is 11.6 Å². The molecule has 6 nitrogen and oxygen atoms in total. The second-order valence-corrected chi connectivity index (χ2v) is 7.63. The number of aryl methyl sites for hydroxylation is 1. The fraction of sp³-hybridized carbons (Fsp3) is 0.0556. The predicted molar refractivity (Wildman–Crippen MR) is 102 cm³/mol. The van der Waals surface area contributed by atoms with Crippen molar-refractivity contribution in [1.29, 1.82) is 0 Å². The van der Waals surface area contributed by atoms with E-state index in [9.17, 15) is 15.0 Å². The zero-order valence-corrected chi connectivity index (χ0v) is 15.8. The molecule has 0 atom stereocenters. The maximum atomic E-state index is 12.4. The molecule has 0 saturated carbocycles. The molecule has 0 unspecified atom stereocenters. The van der Waals surface area contributed by atoms with Gasteiger partial charge in [-0.1, -0.05) is 39.4 Å². The average Bonchev–Trinajstić information content (AvgIpc) is 3.09. The van der Waals surface area contributed by atoms with E-state index in [0.29, 0.717) is 31.8 Å². The number of anilines is 2. The summed E-state index contributed by atoms with van der Waals surface area (Å²) in [7, 11) is 0. The van der Waals surface area contributed by atoms with Crippen molar-refractivity contribution in [3.63, 3.8) is 0 Å². The number of thiazole rings is 1. The monoisotopic (exact) mass is 429 g/mol. The number of aromatic nitrogens is 1. The van der Waals surface area contributed by atoms with Crippen LogP contribution in [0.2, 0.25) is 0 Å². The van der Waals surface area contributed by atoms with Gasteiger partial charge < -0.3 is 15.5 Å². The Kier molecular flexibility index (Phi) is 4.01. The third-order valence-corrected chi connectivity index (χ3v) is 5.45. The first-order valence-electron chi connectivity index (χ1n) is 7.63. The van der Waals surface area contributed by atoms with Gasteiger partial charge in [0.15, 0.2) is 5.13 Å². The van der Waals surface area contributed by atoms with Gasteiger partial charge >= 0.3 is 0 Å². The molecule has 3 aromatic rings. The molecule has 0 radical (unpaired) electrons. The molecule has 0 spiro atoms. The molecule has 2 aromatic carbocycles. The molecule has 1 aliphatic rings. The van der Waals surface area contributed by atoms with Crippen LogP contribution in [-0.4, -0.2) is 21.1 Å². The summed E-state index contributed by atoms with van der Waals surface area (Å²) in [5.74, 6) is -0.589. The quantitative estimate of drug-likeness (QED) is 0.556. The summed E-state index contributed by atoms with van der Waals surface area (Å²) in [5.41, 5.74) is 1.65. The summed E-state index contributed by atoms with van der Waals surface area (Å²) in [4.78, 5) is 20.8. The van der Waals surface area contributed by atoms with Crippen LogP contribution >= 0.6 is 27.3 Å². The molecule has 0 aliphatic carbocycles. The Bertz CT molecular complexity index is 1170. The minimum atomic E-state index is -0.415. The highest BCUT2D eigenvalue weighted by molar-refractivity contribution is 9.10. The smallest absolute Gasteiger partial charge is 0.279 e. The Labute approximate surface area is 160 Å². The number of fused-ring (bicyclic) bond motifs is 1. The molecule has 3 N–H and O–H groups in total. The third-order valence-electron chi connectivity index (χ3n) is 3.98. The molecule has 1 amide bonds. The molecule has 4 rings (SSSR count). The number of nitrogens with zero attached hydrogens (tertiary/aromatic N) is 2. The van der Waals surface area contributed by atoms with Crippen molar-refractivity contribution in [1.82, 2.24) is 4.98 Å². The first-order chi connectivity index (χ1) is 12.4. The van der Waals surface area contributed by atoms with Gasteiger partial charge in [-0.05, 0) is 36.8 Å². The summed E-state index contributed by atoms with van der Waals surface area (Å²) >= 11 is 4.51. The van der Waals surface area contributed by atoms with Crippen LogP contribution in [0.1, 0.15) is 10.4 Å². The number of aromatic hydroxyl groups is 2. The lowest BCUT2D eigenvalue weighted by Gasteiger charge is -2.08. The lowest BCUT2D eigenvalue weighted by Crippen LogP contribution is -2.22. The fourth-order valence-electron chi connectivity index (χ4n) is 2.76. The van der Waals surface area contributed by atoms with Crippen LogP contribution in [0.15, 0.2) is 45.9 Å². The van der Waals surface area contributed by atoms with Gasteiger partial charge in [-0.2, -0.15) is 4.98 Å². The fourth-order valence-corrected chi connectivity index (χ4v) is 4.03. The topological polar surface area (TPSA) is 94.8 Å². The van der Waals surface area contributed by atoms with Crippen molar-refractivity contribution in [3.05, 3.63) is 61.9 Å². The van der Waals surface area contributed by atoms with E-state index in [1.807, 2.05) is 13.0 Å². The number of hydrogen-bond acceptors (Lipinski definition) is 6. The number of rotatable bonds is 3. The zero-order valence-electron chi connectivity index (χ0n) is 13.4. The average molecular weight is 430 g/mol. The molecule has 130 valence electrons. The molecule has 0 fully saturated rings. The number of phenolic OH excluding ortho intramolecular Hbond substituents is 1. The maximum Gasteiger partial charge on any atom is 0.279 e. The maximum absolute atomic E-state index is 12.4. The summed E-state index contributed by atoms with van der Waals surface area (Å²) in [6, 6.07) is 10.5. The summed E-state index contributed by atoms with van der Waals surface area (Å²) in [6.45, 7) is 1.85. The number of amides is 1. The van der Waals surface area contributed by atoms with E-state index in [0.717, 1.165) is 21.4 Å². The highest BCUT2D eigenvalue weighted by Crippen LogP contribution is 2.37. The molecular weight excluding hydrogens is 418 g/mol. The van der Waals surface area contributed by atoms with E-state index in [-0.39, 0.29) is 11.6 Å². The Balaban J connectivity index is 1.82. The largest absolute Gasteiger partial charge is 0.506 e. The zero-order chi connectivity index (χ0) is 18.4. The molecule has 26 heavy (non-hydrogen) atoms. The van der Waals surface area contributed by atoms with E-state index < -0.39 is 5.91 Å².